The molecule has 0 aromatic heterocycles. The van der Waals surface area contributed by atoms with Gasteiger partial charge in [-0.3, -0.25) is 10.2 Å². The van der Waals surface area contributed by atoms with E-state index in [9.17, 15) is 5.11 Å². The zero-order valence-electron chi connectivity index (χ0n) is 14.1. The molecule has 1 atom stereocenters. The topological polar surface area (TPSA) is 63.0 Å². The van der Waals surface area contributed by atoms with Gasteiger partial charge in [-0.1, -0.05) is 24.6 Å². The van der Waals surface area contributed by atoms with Crippen LogP contribution in [0.3, 0.4) is 0 Å². The van der Waals surface area contributed by atoms with Crippen molar-refractivity contribution in [2.24, 2.45) is 0 Å². The largest absolute Gasteiger partial charge is 0.389 e. The van der Waals surface area contributed by atoms with E-state index in [4.69, 9.17) is 10.2 Å². The van der Waals surface area contributed by atoms with E-state index in [0.29, 0.717) is 6.54 Å². The number of aliphatic hydroxyl groups excluding tert-OH is 1. The molecular formula is C17H28N4O2. The molecule has 0 radical (unpaired) electrons. The Morgan fingerprint density at radius 3 is 2.48 bits per heavy atom. The van der Waals surface area contributed by atoms with Crippen molar-refractivity contribution >= 4 is 11.6 Å². The Morgan fingerprint density at radius 1 is 1.22 bits per heavy atom. The molecule has 23 heavy (non-hydrogen) atoms. The highest BCUT2D eigenvalue weighted by Gasteiger charge is 2.19. The number of nitrogens with zero attached hydrogens (tertiary/aromatic N) is 3. The summed E-state index contributed by atoms with van der Waals surface area (Å²) in [5.74, 6) is 0.223. The highest BCUT2D eigenvalue weighted by Crippen LogP contribution is 2.15. The number of guanidine groups is 1. The van der Waals surface area contributed by atoms with E-state index in [1.165, 1.54) is 24.3 Å². The van der Waals surface area contributed by atoms with E-state index in [2.05, 4.69) is 4.90 Å². The van der Waals surface area contributed by atoms with Crippen molar-refractivity contribution in [3.05, 3.63) is 30.3 Å². The molecule has 128 valence electrons. The second-order valence-electron chi connectivity index (χ2n) is 6.16. The predicted octanol–water partition coefficient (Wildman–Crippen LogP) is 1.77. The van der Waals surface area contributed by atoms with Gasteiger partial charge >= 0.3 is 0 Å². The summed E-state index contributed by atoms with van der Waals surface area (Å²) in [6, 6.07) is 9.49. The van der Waals surface area contributed by atoms with Crippen LogP contribution in [0.2, 0.25) is 0 Å². The van der Waals surface area contributed by atoms with Gasteiger partial charge in [0.25, 0.3) is 0 Å². The molecule has 1 heterocycles. The summed E-state index contributed by atoms with van der Waals surface area (Å²) in [5.41, 5.74) is 0.774. The van der Waals surface area contributed by atoms with E-state index >= 15 is 0 Å². The van der Waals surface area contributed by atoms with Crippen LogP contribution in [0.4, 0.5) is 5.69 Å². The lowest BCUT2D eigenvalue weighted by atomic mass is 10.1. The first kappa shape index (κ1) is 17.7. The lowest BCUT2D eigenvalue weighted by Crippen LogP contribution is -2.43. The van der Waals surface area contributed by atoms with Gasteiger partial charge in [0, 0.05) is 20.6 Å². The number of nitrogens with one attached hydrogen (secondary N) is 1. The Morgan fingerprint density at radius 2 is 1.87 bits per heavy atom. The molecule has 2 rings (SSSR count). The first-order valence-electron chi connectivity index (χ1n) is 8.22. The monoisotopic (exact) mass is 320 g/mol. The quantitative estimate of drug-likeness (QED) is 0.475. The summed E-state index contributed by atoms with van der Waals surface area (Å²) in [5, 5.41) is 19.9. The van der Waals surface area contributed by atoms with E-state index in [1.54, 1.807) is 19.0 Å². The van der Waals surface area contributed by atoms with E-state index < -0.39 is 6.10 Å². The molecule has 2 N–H and O–H groups in total. The maximum atomic E-state index is 10.2. The number of piperidine rings is 1. The Bertz CT molecular complexity index is 475. The molecule has 6 nitrogen and oxygen atoms in total. The molecule has 0 amide bonds. The fourth-order valence-corrected chi connectivity index (χ4v) is 2.66. The average Bonchev–Trinajstić information content (AvgIpc) is 2.56. The van der Waals surface area contributed by atoms with Crippen LogP contribution in [0.25, 0.3) is 0 Å². The van der Waals surface area contributed by atoms with Crippen LogP contribution in [-0.2, 0) is 4.84 Å². The highest BCUT2D eigenvalue weighted by atomic mass is 16.7. The lowest BCUT2D eigenvalue weighted by Gasteiger charge is -2.31. The molecule has 6 heteroatoms. The molecule has 1 saturated heterocycles. The zero-order valence-corrected chi connectivity index (χ0v) is 14.1. The van der Waals surface area contributed by atoms with Crippen molar-refractivity contribution in [1.29, 1.82) is 5.41 Å². The Kier molecular flexibility index (Phi) is 6.83. The van der Waals surface area contributed by atoms with Gasteiger partial charge in [0.05, 0.1) is 11.8 Å². The van der Waals surface area contributed by atoms with Crippen molar-refractivity contribution in [3.8, 4) is 0 Å². The standard InChI is InChI=1S/C17H28N4O2/c1-19(2)17(18)21(15-9-5-3-6-10-15)23-14-16(22)13-20-11-7-4-8-12-20/h3,5-6,9-10,16,18,22H,4,7-8,11-14H2,1-2H3. The molecule has 1 fully saturated rings. The highest BCUT2D eigenvalue weighted by molar-refractivity contribution is 5.91. The SMILES string of the molecule is CN(C)C(=N)N(OCC(O)CN1CCCCC1)c1ccccc1. The third-order valence-corrected chi connectivity index (χ3v) is 3.92. The van der Waals surface area contributed by atoms with Crippen molar-refractivity contribution in [1.82, 2.24) is 9.80 Å². The first-order chi connectivity index (χ1) is 11.1. The average molecular weight is 320 g/mol. The fourth-order valence-electron chi connectivity index (χ4n) is 2.66. The van der Waals surface area contributed by atoms with Crippen molar-refractivity contribution < 1.29 is 9.94 Å². The number of benzene rings is 1. The second-order valence-corrected chi connectivity index (χ2v) is 6.16. The van der Waals surface area contributed by atoms with Gasteiger partial charge in [-0.05, 0) is 38.1 Å². The number of β-amino-alcohol motifs (C(OH)–C–C–N with tert-alkyl or cyclic N) is 1. The van der Waals surface area contributed by atoms with Crippen LogP contribution >= 0.6 is 0 Å². The number of likely N-dealkylation sites (tertiary alicyclic amines) is 1. The number of hydrogen-bond donors (Lipinski definition) is 2. The second kappa shape index (κ2) is 8.86. The molecule has 0 bridgehead atoms. The van der Waals surface area contributed by atoms with Crippen LogP contribution < -0.4 is 5.06 Å². The molecule has 0 aliphatic carbocycles. The van der Waals surface area contributed by atoms with Crippen LogP contribution in [0.1, 0.15) is 19.3 Å². The lowest BCUT2D eigenvalue weighted by molar-refractivity contribution is 0.0141. The van der Waals surface area contributed by atoms with Gasteiger partial charge in [0.15, 0.2) is 0 Å². The molecule has 1 unspecified atom stereocenters. The van der Waals surface area contributed by atoms with Crippen LogP contribution in [0, 0.1) is 5.41 Å². The predicted molar refractivity (Wildman–Crippen MR) is 92.6 cm³/mol. The van der Waals surface area contributed by atoms with Gasteiger partial charge in [0.1, 0.15) is 6.61 Å². The number of aliphatic hydroxyl groups is 1. The van der Waals surface area contributed by atoms with Crippen molar-refractivity contribution in [2.75, 3.05) is 45.4 Å². The van der Waals surface area contributed by atoms with Crippen LogP contribution in [0.15, 0.2) is 30.3 Å². The maximum Gasteiger partial charge on any atom is 0.222 e. The first-order valence-corrected chi connectivity index (χ1v) is 8.22. The number of anilines is 1. The van der Waals surface area contributed by atoms with Gasteiger partial charge in [-0.25, -0.2) is 0 Å². The minimum absolute atomic E-state index is 0.168. The minimum Gasteiger partial charge on any atom is -0.389 e. The summed E-state index contributed by atoms with van der Waals surface area (Å²) in [6.45, 7) is 2.89. The van der Waals surface area contributed by atoms with Gasteiger partial charge < -0.3 is 14.9 Å². The molecule has 1 aromatic carbocycles. The van der Waals surface area contributed by atoms with E-state index in [0.717, 1.165) is 18.8 Å². The fraction of sp³-hybridized carbons (Fsp3) is 0.588. The summed E-state index contributed by atoms with van der Waals surface area (Å²) in [4.78, 5) is 9.70. The van der Waals surface area contributed by atoms with Crippen LogP contribution in [0.5, 0.6) is 0 Å². The molecule has 1 aliphatic rings. The normalized spacial score (nSPS) is 16.8. The van der Waals surface area contributed by atoms with Crippen molar-refractivity contribution in [3.63, 3.8) is 0 Å². The maximum absolute atomic E-state index is 10.2. The number of hydrogen-bond acceptors (Lipinski definition) is 4. The third kappa shape index (κ3) is 5.49. The number of hydroxylamine groups is 1. The molecule has 0 spiro atoms. The van der Waals surface area contributed by atoms with Gasteiger partial charge in [0.2, 0.25) is 5.96 Å². The minimum atomic E-state index is -0.561. The van der Waals surface area contributed by atoms with E-state index in [-0.39, 0.29) is 12.6 Å². The summed E-state index contributed by atoms with van der Waals surface area (Å²) in [7, 11) is 3.59. The molecule has 0 saturated carbocycles. The third-order valence-electron chi connectivity index (χ3n) is 3.92. The smallest absolute Gasteiger partial charge is 0.222 e. The Labute approximate surface area is 138 Å². The molecular weight excluding hydrogens is 292 g/mol. The number of para-hydroxylation sites is 1. The van der Waals surface area contributed by atoms with E-state index in [1.807, 2.05) is 30.3 Å². The summed E-state index contributed by atoms with van der Waals surface area (Å²) in [6.07, 6.45) is 3.13. The Hall–Kier alpha value is -1.63. The zero-order chi connectivity index (χ0) is 16.7. The summed E-state index contributed by atoms with van der Waals surface area (Å²) < 4.78 is 0. The molecule has 1 aromatic rings. The van der Waals surface area contributed by atoms with Crippen molar-refractivity contribution in [2.45, 2.75) is 25.4 Å². The van der Waals surface area contributed by atoms with Gasteiger partial charge in [-0.15, -0.1) is 0 Å². The molecule has 1 aliphatic heterocycles. The Balaban J connectivity index is 1.91. The number of rotatable bonds is 6. The van der Waals surface area contributed by atoms with Crippen LogP contribution in [-0.4, -0.2) is 67.3 Å². The van der Waals surface area contributed by atoms with Gasteiger partial charge in [-0.2, -0.15) is 5.06 Å². The summed E-state index contributed by atoms with van der Waals surface area (Å²) >= 11 is 0.